The third kappa shape index (κ3) is 5.46. The van der Waals surface area contributed by atoms with Gasteiger partial charge in [-0.1, -0.05) is 18.7 Å². The van der Waals surface area contributed by atoms with E-state index in [9.17, 15) is 14.0 Å². The molecule has 1 heterocycles. The van der Waals surface area contributed by atoms with Crippen LogP contribution in [-0.2, 0) is 14.3 Å². The maximum absolute atomic E-state index is 14.3. The van der Waals surface area contributed by atoms with Crippen LogP contribution in [0.15, 0.2) is 53.8 Å². The number of allylic oxidation sites excluding steroid dienone is 3. The number of nitrogens with two attached hydrogens (primary N) is 1. The molecule has 1 fully saturated rings. The van der Waals surface area contributed by atoms with Crippen LogP contribution in [0, 0.1) is 12.7 Å². The van der Waals surface area contributed by atoms with Crippen LogP contribution < -0.4 is 5.73 Å². The van der Waals surface area contributed by atoms with Gasteiger partial charge in [0.1, 0.15) is 11.9 Å². The van der Waals surface area contributed by atoms with E-state index in [-0.39, 0.29) is 23.9 Å². The molecule has 6 nitrogen and oxygen atoms in total. The highest BCUT2D eigenvalue weighted by atomic mass is 19.1. The number of benzene rings is 1. The van der Waals surface area contributed by atoms with Crippen molar-refractivity contribution in [2.24, 2.45) is 5.73 Å². The predicted octanol–water partition coefficient (Wildman–Crippen LogP) is 3.39. The average molecular weight is 442 g/mol. The summed E-state index contributed by atoms with van der Waals surface area (Å²) in [7, 11) is 0. The highest BCUT2D eigenvalue weighted by Gasteiger charge is 2.29. The Hall–Kier alpha value is -2.93. The maximum Gasteiger partial charge on any atom is 0.246 e. The van der Waals surface area contributed by atoms with Gasteiger partial charge in [-0.25, -0.2) is 4.39 Å². The fourth-order valence-corrected chi connectivity index (χ4v) is 4.34. The number of piperazine rings is 1. The molecule has 2 atom stereocenters. The van der Waals surface area contributed by atoms with Crippen molar-refractivity contribution >= 4 is 11.8 Å². The Morgan fingerprint density at radius 3 is 2.66 bits per heavy atom. The Bertz CT molecular complexity index is 969. The molecular formula is C25H32FN3O3. The molecule has 2 amide bonds. The van der Waals surface area contributed by atoms with Crippen LogP contribution in [0.1, 0.15) is 43.9 Å². The number of aryl methyl sites for hydroxylation is 1. The second kappa shape index (κ2) is 10.1. The van der Waals surface area contributed by atoms with Crippen molar-refractivity contribution in [1.29, 1.82) is 0 Å². The number of hydrogen-bond acceptors (Lipinski definition) is 4. The van der Waals surface area contributed by atoms with Gasteiger partial charge in [0, 0.05) is 44.2 Å². The fraction of sp³-hybridized carbons (Fsp3) is 0.440. The molecule has 172 valence electrons. The third-order valence-electron chi connectivity index (χ3n) is 6.23. The summed E-state index contributed by atoms with van der Waals surface area (Å²) in [6.45, 7) is 11.7. The molecule has 3 rings (SSSR count). The van der Waals surface area contributed by atoms with Crippen molar-refractivity contribution in [2.75, 3.05) is 26.2 Å². The van der Waals surface area contributed by atoms with E-state index >= 15 is 0 Å². The van der Waals surface area contributed by atoms with E-state index in [0.29, 0.717) is 50.2 Å². The monoisotopic (exact) mass is 441 g/mol. The normalized spacial score (nSPS) is 20.6. The van der Waals surface area contributed by atoms with Crippen molar-refractivity contribution < 1.29 is 18.7 Å². The van der Waals surface area contributed by atoms with E-state index < -0.39 is 5.91 Å². The Morgan fingerprint density at radius 1 is 1.31 bits per heavy atom. The lowest BCUT2D eigenvalue weighted by atomic mass is 9.96. The lowest BCUT2D eigenvalue weighted by Gasteiger charge is -2.40. The van der Waals surface area contributed by atoms with Crippen molar-refractivity contribution in [1.82, 2.24) is 9.80 Å². The first-order chi connectivity index (χ1) is 15.2. The van der Waals surface area contributed by atoms with Gasteiger partial charge in [-0.05, 0) is 62.1 Å². The van der Waals surface area contributed by atoms with Gasteiger partial charge in [0.05, 0.1) is 5.76 Å². The quantitative estimate of drug-likeness (QED) is 0.658. The molecule has 0 radical (unpaired) electrons. The van der Waals surface area contributed by atoms with Crippen LogP contribution in [0.25, 0.3) is 0 Å². The van der Waals surface area contributed by atoms with Crippen LogP contribution in [0.4, 0.5) is 4.39 Å². The molecule has 0 saturated carbocycles. The Labute approximate surface area is 189 Å². The van der Waals surface area contributed by atoms with E-state index in [1.54, 1.807) is 13.0 Å². The molecule has 7 heteroatoms. The van der Waals surface area contributed by atoms with Crippen molar-refractivity contribution in [3.63, 3.8) is 0 Å². The number of carbonyl (C=O) groups excluding carboxylic acids is 2. The maximum atomic E-state index is 14.3. The molecule has 0 spiro atoms. The lowest BCUT2D eigenvalue weighted by molar-refractivity contribution is -0.130. The summed E-state index contributed by atoms with van der Waals surface area (Å²) in [6.07, 6.45) is 3.91. The number of ether oxygens (including phenoxy) is 1. The number of carbonyl (C=O) groups is 2. The molecular weight excluding hydrogens is 409 g/mol. The first-order valence-corrected chi connectivity index (χ1v) is 11.0. The number of halogens is 1. The molecule has 32 heavy (non-hydrogen) atoms. The van der Waals surface area contributed by atoms with Gasteiger partial charge < -0.3 is 15.4 Å². The summed E-state index contributed by atoms with van der Waals surface area (Å²) in [6, 6.07) is 5.23. The van der Waals surface area contributed by atoms with Gasteiger partial charge in [-0.3, -0.25) is 14.5 Å². The molecule has 1 aromatic carbocycles. The topological polar surface area (TPSA) is 75.9 Å². The van der Waals surface area contributed by atoms with Gasteiger partial charge in [-0.15, -0.1) is 0 Å². The predicted molar refractivity (Wildman–Crippen MR) is 122 cm³/mol. The minimum atomic E-state index is -0.407. The molecule has 2 N–H and O–H groups in total. The van der Waals surface area contributed by atoms with E-state index in [1.165, 1.54) is 12.1 Å². The van der Waals surface area contributed by atoms with Crippen LogP contribution in [0.3, 0.4) is 0 Å². The summed E-state index contributed by atoms with van der Waals surface area (Å²) < 4.78 is 20.7. The Kier molecular flexibility index (Phi) is 7.51. The first kappa shape index (κ1) is 23.7. The molecule has 0 aromatic heterocycles. The second-order valence-electron chi connectivity index (χ2n) is 8.60. The summed E-state index contributed by atoms with van der Waals surface area (Å²) in [5.74, 6) is 0.0175. The highest BCUT2D eigenvalue weighted by Crippen LogP contribution is 2.31. The molecule has 1 aromatic rings. The molecule has 1 aliphatic carbocycles. The Morgan fingerprint density at radius 2 is 2.06 bits per heavy atom. The highest BCUT2D eigenvalue weighted by molar-refractivity contribution is 5.93. The number of rotatable bonds is 7. The molecule has 2 aliphatic rings. The standard InChI is InChI=1S/C25H32FN3O3/c1-5-24(30)29-11-10-28(14-18(29)4)15-23(19-7-6-16(2)22(26)13-19)32-20-8-9-21(25(27)31)17(3)12-20/h5-7,12-13,18,23H,1,8-11,14-15H2,2-4H3,(H2,27,31)/t18-,23+/m1/s1. The number of nitrogens with zero attached hydrogens (tertiary/aromatic N) is 2. The molecule has 1 saturated heterocycles. The van der Waals surface area contributed by atoms with Crippen LogP contribution in [-0.4, -0.2) is 53.8 Å². The van der Waals surface area contributed by atoms with Gasteiger partial charge in [-0.2, -0.15) is 0 Å². The minimum Gasteiger partial charge on any atom is -0.489 e. The number of amides is 2. The summed E-state index contributed by atoms with van der Waals surface area (Å²) in [4.78, 5) is 27.7. The number of primary amides is 1. The lowest BCUT2D eigenvalue weighted by Crippen LogP contribution is -2.54. The smallest absolute Gasteiger partial charge is 0.246 e. The zero-order valence-corrected chi connectivity index (χ0v) is 19.1. The van der Waals surface area contributed by atoms with E-state index in [1.807, 2.05) is 30.9 Å². The van der Waals surface area contributed by atoms with Crippen LogP contribution in [0.5, 0.6) is 0 Å². The second-order valence-corrected chi connectivity index (χ2v) is 8.60. The largest absolute Gasteiger partial charge is 0.489 e. The Balaban J connectivity index is 1.80. The minimum absolute atomic E-state index is 0.0434. The van der Waals surface area contributed by atoms with Crippen molar-refractivity contribution in [2.45, 2.75) is 45.8 Å². The first-order valence-electron chi connectivity index (χ1n) is 11.0. The molecule has 1 aliphatic heterocycles. The SMILES string of the molecule is C=CC(=O)N1CCN(C[C@H](OC2=CC(C)=C(C(N)=O)CC2)c2ccc(C)c(F)c2)C[C@H]1C. The van der Waals surface area contributed by atoms with Gasteiger partial charge in [0.2, 0.25) is 11.8 Å². The van der Waals surface area contributed by atoms with Crippen LogP contribution >= 0.6 is 0 Å². The van der Waals surface area contributed by atoms with Gasteiger partial charge in [0.25, 0.3) is 0 Å². The van der Waals surface area contributed by atoms with Crippen molar-refractivity contribution in [3.8, 4) is 0 Å². The summed E-state index contributed by atoms with van der Waals surface area (Å²) in [5, 5.41) is 0. The summed E-state index contributed by atoms with van der Waals surface area (Å²) >= 11 is 0. The molecule has 0 bridgehead atoms. The van der Waals surface area contributed by atoms with Gasteiger partial charge >= 0.3 is 0 Å². The zero-order chi connectivity index (χ0) is 23.4. The van der Waals surface area contributed by atoms with Gasteiger partial charge in [0.15, 0.2) is 0 Å². The summed E-state index contributed by atoms with van der Waals surface area (Å²) in [5.41, 5.74) is 8.22. The van der Waals surface area contributed by atoms with E-state index in [4.69, 9.17) is 10.5 Å². The average Bonchev–Trinajstić information content (AvgIpc) is 2.74. The fourth-order valence-electron chi connectivity index (χ4n) is 4.34. The van der Waals surface area contributed by atoms with E-state index in [0.717, 1.165) is 16.9 Å². The zero-order valence-electron chi connectivity index (χ0n) is 19.1. The molecule has 0 unspecified atom stereocenters. The van der Waals surface area contributed by atoms with Crippen molar-refractivity contribution in [3.05, 3.63) is 70.8 Å². The number of hydrogen-bond donors (Lipinski definition) is 1. The van der Waals surface area contributed by atoms with E-state index in [2.05, 4.69) is 11.5 Å². The van der Waals surface area contributed by atoms with Crippen LogP contribution in [0.2, 0.25) is 0 Å². The third-order valence-corrected chi connectivity index (χ3v) is 6.23.